The van der Waals surface area contributed by atoms with Crippen molar-refractivity contribution in [1.82, 2.24) is 5.32 Å². The molecule has 0 aromatic heterocycles. The lowest BCUT2D eigenvalue weighted by molar-refractivity contribution is -0.144. The minimum absolute atomic E-state index is 0.481. The number of methoxy groups -OCH3 is 1. The van der Waals surface area contributed by atoms with Crippen molar-refractivity contribution < 1.29 is 14.3 Å². The molecule has 1 aromatic rings. The summed E-state index contributed by atoms with van der Waals surface area (Å²) in [5.41, 5.74) is 0.700. The lowest BCUT2D eigenvalue weighted by atomic mass is 10.1. The van der Waals surface area contributed by atoms with Crippen LogP contribution >= 0.6 is 0 Å². The molecule has 0 spiro atoms. The van der Waals surface area contributed by atoms with Gasteiger partial charge in [0.05, 0.1) is 7.11 Å². The van der Waals surface area contributed by atoms with E-state index in [2.05, 4.69) is 10.1 Å². The summed E-state index contributed by atoms with van der Waals surface area (Å²) in [4.78, 5) is 21.5. The van der Waals surface area contributed by atoms with Gasteiger partial charge in [0.25, 0.3) is 0 Å². The molecule has 0 aliphatic carbocycles. The second-order valence-corrected chi connectivity index (χ2v) is 2.65. The Kier molecular flexibility index (Phi) is 3.67. The molecule has 1 amide bonds. The smallest absolute Gasteiger partial charge is 0.333 e. The molecule has 0 unspecified atom stereocenters. The van der Waals surface area contributed by atoms with Crippen LogP contribution in [0, 0.1) is 0 Å². The number of rotatable bonds is 4. The Labute approximate surface area is 81.9 Å². The molecule has 0 aliphatic heterocycles. The Morgan fingerprint density at radius 2 is 2.07 bits per heavy atom. The molecule has 0 radical (unpaired) electrons. The fourth-order valence-electron chi connectivity index (χ4n) is 1.13. The topological polar surface area (TPSA) is 55.4 Å². The van der Waals surface area contributed by atoms with Gasteiger partial charge in [-0.3, -0.25) is 4.79 Å². The molecule has 0 heterocycles. The van der Waals surface area contributed by atoms with Gasteiger partial charge in [-0.2, -0.15) is 0 Å². The predicted octanol–water partition coefficient (Wildman–Crippen LogP) is 0.647. The third-order valence-corrected chi connectivity index (χ3v) is 1.80. The molecule has 4 nitrogen and oxygen atoms in total. The van der Waals surface area contributed by atoms with Gasteiger partial charge in [0, 0.05) is 0 Å². The second kappa shape index (κ2) is 5.01. The number of nitrogens with one attached hydrogen (secondary N) is 1. The van der Waals surface area contributed by atoms with E-state index < -0.39 is 12.0 Å². The standard InChI is InChI=1S/C10H11NO3/c1-14-10(13)9(11-7-12)8-5-3-2-4-6-8/h2-7,9H,1H3,(H,11,12)/t9-/m1/s1. The quantitative estimate of drug-likeness (QED) is 0.564. The molecule has 0 fully saturated rings. The van der Waals surface area contributed by atoms with Crippen LogP contribution in [0.5, 0.6) is 0 Å². The fraction of sp³-hybridized carbons (Fsp3) is 0.200. The first-order valence-corrected chi connectivity index (χ1v) is 4.12. The molecule has 1 atom stereocenters. The summed E-state index contributed by atoms with van der Waals surface area (Å²) in [6.45, 7) is 0. The van der Waals surface area contributed by atoms with E-state index in [0.29, 0.717) is 12.0 Å². The minimum Gasteiger partial charge on any atom is -0.467 e. The maximum Gasteiger partial charge on any atom is 0.333 e. The number of carbonyl (C=O) groups is 2. The van der Waals surface area contributed by atoms with E-state index in [1.54, 1.807) is 24.3 Å². The molecule has 0 bridgehead atoms. The van der Waals surface area contributed by atoms with Crippen LogP contribution in [-0.4, -0.2) is 19.5 Å². The predicted molar refractivity (Wildman–Crippen MR) is 50.4 cm³/mol. The van der Waals surface area contributed by atoms with Crippen molar-refractivity contribution in [3.8, 4) is 0 Å². The maximum absolute atomic E-state index is 11.3. The van der Waals surface area contributed by atoms with Gasteiger partial charge in [-0.25, -0.2) is 4.79 Å². The second-order valence-electron chi connectivity index (χ2n) is 2.65. The normalized spacial score (nSPS) is 11.5. The van der Waals surface area contributed by atoms with Crippen LogP contribution in [0.25, 0.3) is 0 Å². The molecule has 0 saturated carbocycles. The molecule has 1 rings (SSSR count). The summed E-state index contributed by atoms with van der Waals surface area (Å²) in [7, 11) is 1.28. The van der Waals surface area contributed by atoms with Crippen molar-refractivity contribution in [2.75, 3.05) is 7.11 Å². The maximum atomic E-state index is 11.3. The van der Waals surface area contributed by atoms with Crippen molar-refractivity contribution in [3.05, 3.63) is 35.9 Å². The first kappa shape index (κ1) is 10.2. The summed E-state index contributed by atoms with van der Waals surface area (Å²) in [5.74, 6) is -0.483. The molecule has 14 heavy (non-hydrogen) atoms. The molecule has 4 heteroatoms. The zero-order valence-corrected chi connectivity index (χ0v) is 7.77. The lowest BCUT2D eigenvalue weighted by Gasteiger charge is -2.13. The van der Waals surface area contributed by atoms with E-state index in [4.69, 9.17) is 0 Å². The monoisotopic (exact) mass is 193 g/mol. The van der Waals surface area contributed by atoms with Crippen LogP contribution < -0.4 is 5.32 Å². The van der Waals surface area contributed by atoms with Crippen LogP contribution in [0.2, 0.25) is 0 Å². The van der Waals surface area contributed by atoms with Crippen LogP contribution in [0.4, 0.5) is 0 Å². The van der Waals surface area contributed by atoms with Gasteiger partial charge < -0.3 is 10.1 Å². The van der Waals surface area contributed by atoms with Crippen LogP contribution in [0.3, 0.4) is 0 Å². The minimum atomic E-state index is -0.723. The highest BCUT2D eigenvalue weighted by Crippen LogP contribution is 2.12. The van der Waals surface area contributed by atoms with Gasteiger partial charge in [-0.15, -0.1) is 0 Å². The Bertz CT molecular complexity index is 310. The van der Waals surface area contributed by atoms with E-state index in [9.17, 15) is 9.59 Å². The number of amides is 1. The summed E-state index contributed by atoms with van der Waals surface area (Å²) in [6, 6.07) is 8.18. The summed E-state index contributed by atoms with van der Waals surface area (Å²) in [5, 5.41) is 2.39. The van der Waals surface area contributed by atoms with E-state index in [-0.39, 0.29) is 0 Å². The van der Waals surface area contributed by atoms with Crippen LogP contribution in [0.15, 0.2) is 30.3 Å². The number of carbonyl (C=O) groups excluding carboxylic acids is 2. The lowest BCUT2D eigenvalue weighted by Crippen LogP contribution is -2.28. The third-order valence-electron chi connectivity index (χ3n) is 1.80. The first-order chi connectivity index (χ1) is 6.79. The number of benzene rings is 1. The van der Waals surface area contributed by atoms with Gasteiger partial charge in [-0.1, -0.05) is 30.3 Å². The number of hydrogen-bond acceptors (Lipinski definition) is 3. The van der Waals surface area contributed by atoms with E-state index in [1.165, 1.54) is 7.11 Å². The average Bonchev–Trinajstić information content (AvgIpc) is 2.26. The van der Waals surface area contributed by atoms with Gasteiger partial charge >= 0.3 is 5.97 Å². The van der Waals surface area contributed by atoms with E-state index in [0.717, 1.165) is 0 Å². The molecule has 74 valence electrons. The van der Waals surface area contributed by atoms with Gasteiger partial charge in [0.1, 0.15) is 0 Å². The van der Waals surface area contributed by atoms with Crippen molar-refractivity contribution in [2.45, 2.75) is 6.04 Å². The molecule has 0 saturated heterocycles. The molecule has 1 N–H and O–H groups in total. The number of esters is 1. The Morgan fingerprint density at radius 3 is 2.57 bits per heavy atom. The van der Waals surface area contributed by atoms with Crippen molar-refractivity contribution >= 4 is 12.4 Å². The van der Waals surface area contributed by atoms with E-state index in [1.807, 2.05) is 6.07 Å². The largest absolute Gasteiger partial charge is 0.467 e. The third kappa shape index (κ3) is 2.32. The molecule has 0 aliphatic rings. The molecular formula is C10H11NO3. The van der Waals surface area contributed by atoms with Crippen molar-refractivity contribution in [3.63, 3.8) is 0 Å². The zero-order chi connectivity index (χ0) is 10.4. The number of hydrogen-bond donors (Lipinski definition) is 1. The van der Waals surface area contributed by atoms with Crippen molar-refractivity contribution in [2.24, 2.45) is 0 Å². The molecular weight excluding hydrogens is 182 g/mol. The highest BCUT2D eigenvalue weighted by atomic mass is 16.5. The zero-order valence-electron chi connectivity index (χ0n) is 7.77. The van der Waals surface area contributed by atoms with Gasteiger partial charge in [0.15, 0.2) is 6.04 Å². The Morgan fingerprint density at radius 1 is 1.43 bits per heavy atom. The summed E-state index contributed by atoms with van der Waals surface area (Å²) < 4.78 is 4.56. The highest BCUT2D eigenvalue weighted by molar-refractivity contribution is 5.79. The SMILES string of the molecule is COC(=O)[C@H](NC=O)c1ccccc1. The van der Waals surface area contributed by atoms with Crippen LogP contribution in [0.1, 0.15) is 11.6 Å². The van der Waals surface area contributed by atoms with Gasteiger partial charge in [-0.05, 0) is 5.56 Å². The fourth-order valence-corrected chi connectivity index (χ4v) is 1.13. The van der Waals surface area contributed by atoms with Crippen LogP contribution in [-0.2, 0) is 14.3 Å². The highest BCUT2D eigenvalue weighted by Gasteiger charge is 2.19. The summed E-state index contributed by atoms with van der Waals surface area (Å²) in [6.07, 6.45) is 0.481. The average molecular weight is 193 g/mol. The van der Waals surface area contributed by atoms with E-state index >= 15 is 0 Å². The Balaban J connectivity index is 2.88. The van der Waals surface area contributed by atoms with Crippen molar-refractivity contribution in [1.29, 1.82) is 0 Å². The number of ether oxygens (including phenoxy) is 1. The first-order valence-electron chi connectivity index (χ1n) is 4.12. The van der Waals surface area contributed by atoms with Gasteiger partial charge in [0.2, 0.25) is 6.41 Å². The summed E-state index contributed by atoms with van der Waals surface area (Å²) >= 11 is 0. The Hall–Kier alpha value is -1.84. The molecule has 1 aromatic carbocycles.